The Morgan fingerprint density at radius 2 is 1.76 bits per heavy atom. The van der Waals surface area contributed by atoms with Crippen LogP contribution in [0.15, 0.2) is 42.5 Å². The fraction of sp³-hybridized carbons (Fsp3) is 0.235. The van der Waals surface area contributed by atoms with E-state index in [9.17, 15) is 9.18 Å². The Balaban J connectivity index is 2.01. The Labute approximate surface area is 128 Å². The summed E-state index contributed by atoms with van der Waals surface area (Å²) in [6, 6.07) is 12.6. The summed E-state index contributed by atoms with van der Waals surface area (Å²) in [5.74, 6) is -0.466. The van der Waals surface area contributed by atoms with Crippen molar-refractivity contribution in [2.75, 3.05) is 0 Å². The first-order valence-corrected chi connectivity index (χ1v) is 7.15. The lowest BCUT2D eigenvalue weighted by Crippen LogP contribution is -2.26. The average molecular weight is 306 g/mol. The van der Waals surface area contributed by atoms with Crippen molar-refractivity contribution in [3.8, 4) is 0 Å². The van der Waals surface area contributed by atoms with Gasteiger partial charge in [-0.05, 0) is 36.1 Å². The van der Waals surface area contributed by atoms with Gasteiger partial charge in [-0.25, -0.2) is 4.39 Å². The molecule has 0 bridgehead atoms. The van der Waals surface area contributed by atoms with Gasteiger partial charge in [0.1, 0.15) is 11.2 Å². The quantitative estimate of drug-likeness (QED) is 0.849. The molecule has 0 fully saturated rings. The Morgan fingerprint density at radius 3 is 2.33 bits per heavy atom. The van der Waals surface area contributed by atoms with E-state index in [1.54, 1.807) is 26.0 Å². The zero-order valence-electron chi connectivity index (χ0n) is 12.0. The molecule has 0 heterocycles. The molecule has 2 aromatic carbocycles. The van der Waals surface area contributed by atoms with Crippen LogP contribution in [0.3, 0.4) is 0 Å². The molecule has 0 radical (unpaired) electrons. The maximum Gasteiger partial charge on any atom is 0.242 e. The van der Waals surface area contributed by atoms with Gasteiger partial charge in [0, 0.05) is 6.54 Å². The van der Waals surface area contributed by atoms with Crippen molar-refractivity contribution in [2.45, 2.75) is 25.8 Å². The standard InChI is InChI=1S/C17H17ClFNO/c1-11-8-13(9-12(2)16(11)19)10-20-17(21)15(18)14-6-4-3-5-7-14/h3-9,15H,10H2,1-2H3,(H,20,21). The summed E-state index contributed by atoms with van der Waals surface area (Å²) in [5.41, 5.74) is 2.76. The van der Waals surface area contributed by atoms with E-state index in [4.69, 9.17) is 11.6 Å². The zero-order valence-corrected chi connectivity index (χ0v) is 12.7. The molecule has 4 heteroatoms. The van der Waals surface area contributed by atoms with Gasteiger partial charge in [-0.3, -0.25) is 4.79 Å². The van der Waals surface area contributed by atoms with E-state index < -0.39 is 5.38 Å². The number of hydrogen-bond acceptors (Lipinski definition) is 1. The minimum absolute atomic E-state index is 0.204. The molecule has 0 aliphatic rings. The van der Waals surface area contributed by atoms with E-state index >= 15 is 0 Å². The molecular weight excluding hydrogens is 289 g/mol. The molecule has 0 saturated carbocycles. The Bertz CT molecular complexity index is 619. The summed E-state index contributed by atoms with van der Waals surface area (Å²) >= 11 is 6.14. The molecule has 1 unspecified atom stereocenters. The molecule has 1 N–H and O–H groups in total. The van der Waals surface area contributed by atoms with Gasteiger partial charge < -0.3 is 5.32 Å². The predicted molar refractivity (Wildman–Crippen MR) is 82.8 cm³/mol. The number of nitrogens with one attached hydrogen (secondary N) is 1. The SMILES string of the molecule is Cc1cc(CNC(=O)C(Cl)c2ccccc2)cc(C)c1F. The first kappa shape index (κ1) is 15.5. The lowest BCUT2D eigenvalue weighted by molar-refractivity contribution is -0.121. The number of carbonyl (C=O) groups is 1. The van der Waals surface area contributed by atoms with Gasteiger partial charge in [-0.15, -0.1) is 11.6 Å². The van der Waals surface area contributed by atoms with Gasteiger partial charge in [0.25, 0.3) is 0 Å². The van der Waals surface area contributed by atoms with E-state index in [1.165, 1.54) is 0 Å². The third kappa shape index (κ3) is 3.82. The highest BCUT2D eigenvalue weighted by Gasteiger charge is 2.17. The predicted octanol–water partition coefficient (Wildman–Crippen LogP) is 4.04. The van der Waals surface area contributed by atoms with Gasteiger partial charge >= 0.3 is 0 Å². The summed E-state index contributed by atoms with van der Waals surface area (Å²) in [4.78, 5) is 12.0. The highest BCUT2D eigenvalue weighted by molar-refractivity contribution is 6.30. The van der Waals surface area contributed by atoms with Crippen molar-refractivity contribution in [1.82, 2.24) is 5.32 Å². The van der Waals surface area contributed by atoms with Gasteiger partial charge in [0.05, 0.1) is 0 Å². The highest BCUT2D eigenvalue weighted by Crippen LogP contribution is 2.20. The van der Waals surface area contributed by atoms with Gasteiger partial charge in [0.2, 0.25) is 5.91 Å². The first-order valence-electron chi connectivity index (χ1n) is 6.71. The largest absolute Gasteiger partial charge is 0.350 e. The fourth-order valence-corrected chi connectivity index (χ4v) is 2.41. The van der Waals surface area contributed by atoms with Crippen molar-refractivity contribution < 1.29 is 9.18 Å². The highest BCUT2D eigenvalue weighted by atomic mass is 35.5. The van der Waals surface area contributed by atoms with Crippen LogP contribution in [0.1, 0.15) is 27.6 Å². The van der Waals surface area contributed by atoms with Crippen LogP contribution in [0.25, 0.3) is 0 Å². The van der Waals surface area contributed by atoms with Crippen molar-refractivity contribution in [1.29, 1.82) is 0 Å². The minimum Gasteiger partial charge on any atom is -0.350 e. The number of amides is 1. The first-order chi connectivity index (χ1) is 9.99. The van der Waals surface area contributed by atoms with Gasteiger partial charge in [-0.2, -0.15) is 0 Å². The smallest absolute Gasteiger partial charge is 0.242 e. The molecule has 0 aliphatic carbocycles. The number of rotatable bonds is 4. The van der Waals surface area contributed by atoms with Crippen molar-refractivity contribution in [3.63, 3.8) is 0 Å². The fourth-order valence-electron chi connectivity index (χ4n) is 2.19. The van der Waals surface area contributed by atoms with Crippen LogP contribution in [-0.4, -0.2) is 5.91 Å². The number of aryl methyl sites for hydroxylation is 2. The number of halogens is 2. The molecule has 1 atom stereocenters. The summed E-state index contributed by atoms with van der Waals surface area (Å²) < 4.78 is 13.6. The maximum absolute atomic E-state index is 13.6. The van der Waals surface area contributed by atoms with E-state index in [-0.39, 0.29) is 11.7 Å². The van der Waals surface area contributed by atoms with E-state index in [1.807, 2.05) is 30.3 Å². The summed E-state index contributed by atoms with van der Waals surface area (Å²) in [6.45, 7) is 3.75. The zero-order chi connectivity index (χ0) is 15.4. The van der Waals surface area contributed by atoms with Gasteiger partial charge in [-0.1, -0.05) is 42.5 Å². The molecule has 2 nitrogen and oxygen atoms in total. The Hall–Kier alpha value is -1.87. The van der Waals surface area contributed by atoms with Crippen molar-refractivity contribution in [2.24, 2.45) is 0 Å². The number of benzene rings is 2. The van der Waals surface area contributed by atoms with E-state index in [2.05, 4.69) is 5.32 Å². The summed E-state index contributed by atoms with van der Waals surface area (Å²) in [5, 5.41) is 2.05. The van der Waals surface area contributed by atoms with Crippen molar-refractivity contribution in [3.05, 3.63) is 70.5 Å². The second-order valence-electron chi connectivity index (χ2n) is 5.03. The normalized spacial score (nSPS) is 12.0. The van der Waals surface area contributed by atoms with Crippen LogP contribution in [0, 0.1) is 19.7 Å². The molecule has 21 heavy (non-hydrogen) atoms. The average Bonchev–Trinajstić information content (AvgIpc) is 2.50. The molecule has 0 spiro atoms. The van der Waals surface area contributed by atoms with Crippen LogP contribution in [0.2, 0.25) is 0 Å². The van der Waals surface area contributed by atoms with Crippen LogP contribution >= 0.6 is 11.6 Å². The summed E-state index contributed by atoms with van der Waals surface area (Å²) in [6.07, 6.45) is 0. The molecule has 1 amide bonds. The van der Waals surface area contributed by atoms with Crippen molar-refractivity contribution >= 4 is 17.5 Å². The summed E-state index contributed by atoms with van der Waals surface area (Å²) in [7, 11) is 0. The lowest BCUT2D eigenvalue weighted by Gasteiger charge is -2.12. The molecule has 0 aliphatic heterocycles. The molecule has 2 aromatic rings. The van der Waals surface area contributed by atoms with Crippen LogP contribution in [-0.2, 0) is 11.3 Å². The van der Waals surface area contributed by atoms with Crippen LogP contribution < -0.4 is 5.32 Å². The number of hydrogen-bond donors (Lipinski definition) is 1. The minimum atomic E-state index is -0.728. The van der Waals surface area contributed by atoms with Crippen LogP contribution in [0.5, 0.6) is 0 Å². The molecule has 110 valence electrons. The lowest BCUT2D eigenvalue weighted by atomic mass is 10.1. The topological polar surface area (TPSA) is 29.1 Å². The third-order valence-electron chi connectivity index (χ3n) is 3.29. The van der Waals surface area contributed by atoms with E-state index in [0.29, 0.717) is 17.7 Å². The second kappa shape index (κ2) is 6.72. The maximum atomic E-state index is 13.6. The Kier molecular flexibility index (Phi) is 4.97. The third-order valence-corrected chi connectivity index (χ3v) is 3.74. The second-order valence-corrected chi connectivity index (χ2v) is 5.47. The number of carbonyl (C=O) groups excluding carboxylic acids is 1. The monoisotopic (exact) mass is 305 g/mol. The van der Waals surface area contributed by atoms with E-state index in [0.717, 1.165) is 11.1 Å². The van der Waals surface area contributed by atoms with Crippen LogP contribution in [0.4, 0.5) is 4.39 Å². The molecule has 0 aromatic heterocycles. The molecule has 0 saturated heterocycles. The number of alkyl halides is 1. The molecular formula is C17H17ClFNO. The molecule has 2 rings (SSSR count). The Morgan fingerprint density at radius 1 is 1.19 bits per heavy atom. The van der Waals surface area contributed by atoms with Gasteiger partial charge in [0.15, 0.2) is 0 Å².